The average molecular weight is 231 g/mol. The highest BCUT2D eigenvalue weighted by atomic mass is 16.3. The summed E-state index contributed by atoms with van der Waals surface area (Å²) in [6, 6.07) is 7.20. The van der Waals surface area contributed by atoms with Gasteiger partial charge in [-0.25, -0.2) is 4.98 Å². The van der Waals surface area contributed by atoms with Crippen molar-refractivity contribution in [3.05, 3.63) is 30.5 Å². The fourth-order valence-corrected chi connectivity index (χ4v) is 1.65. The molecular formula is C13H17N3O. The van der Waals surface area contributed by atoms with E-state index in [1.54, 1.807) is 18.3 Å². The van der Waals surface area contributed by atoms with Crippen molar-refractivity contribution in [2.45, 2.75) is 6.92 Å². The van der Waals surface area contributed by atoms with Crippen LogP contribution in [-0.4, -0.2) is 23.2 Å². The Morgan fingerprint density at radius 1 is 1.41 bits per heavy atom. The maximum atomic E-state index is 9.50. The summed E-state index contributed by atoms with van der Waals surface area (Å²) in [4.78, 5) is 4.29. The lowest BCUT2D eigenvalue weighted by molar-refractivity contribution is 0.476. The number of phenolic OH excluding ortho intramolecular Hbond substituents is 1. The van der Waals surface area contributed by atoms with Crippen LogP contribution in [0, 0.1) is 5.92 Å². The van der Waals surface area contributed by atoms with E-state index in [-0.39, 0.29) is 5.75 Å². The van der Waals surface area contributed by atoms with E-state index in [1.807, 2.05) is 12.1 Å². The number of rotatable bonds is 4. The van der Waals surface area contributed by atoms with Crippen LogP contribution in [0.15, 0.2) is 30.5 Å². The molecule has 17 heavy (non-hydrogen) atoms. The maximum Gasteiger partial charge on any atom is 0.133 e. The second-order valence-electron chi connectivity index (χ2n) is 4.29. The highest BCUT2D eigenvalue weighted by Gasteiger charge is 2.04. The molecule has 0 saturated heterocycles. The minimum absolute atomic E-state index is 0.250. The summed E-state index contributed by atoms with van der Waals surface area (Å²) in [5, 5.41) is 14.7. The Labute approximate surface area is 100 Å². The van der Waals surface area contributed by atoms with Crippen LogP contribution >= 0.6 is 0 Å². The molecule has 4 nitrogen and oxygen atoms in total. The third kappa shape index (κ3) is 2.65. The van der Waals surface area contributed by atoms with Crippen molar-refractivity contribution in [1.29, 1.82) is 0 Å². The summed E-state index contributed by atoms with van der Waals surface area (Å²) < 4.78 is 0. The number of nitrogens with zero attached hydrogens (tertiary/aromatic N) is 1. The van der Waals surface area contributed by atoms with Crippen molar-refractivity contribution in [2.24, 2.45) is 11.7 Å². The van der Waals surface area contributed by atoms with Gasteiger partial charge in [-0.15, -0.1) is 0 Å². The van der Waals surface area contributed by atoms with Crippen molar-refractivity contribution >= 4 is 16.6 Å². The summed E-state index contributed by atoms with van der Waals surface area (Å²) in [5.41, 5.74) is 5.57. The number of anilines is 1. The molecule has 0 fully saturated rings. The van der Waals surface area contributed by atoms with Crippen molar-refractivity contribution < 1.29 is 5.11 Å². The van der Waals surface area contributed by atoms with Gasteiger partial charge in [0.25, 0.3) is 0 Å². The van der Waals surface area contributed by atoms with E-state index in [0.717, 1.165) is 23.1 Å². The van der Waals surface area contributed by atoms with Gasteiger partial charge in [-0.05, 0) is 36.0 Å². The Kier molecular flexibility index (Phi) is 3.44. The van der Waals surface area contributed by atoms with Crippen LogP contribution in [0.3, 0.4) is 0 Å². The Morgan fingerprint density at radius 3 is 3.00 bits per heavy atom. The van der Waals surface area contributed by atoms with Crippen molar-refractivity contribution in [3.63, 3.8) is 0 Å². The van der Waals surface area contributed by atoms with E-state index < -0.39 is 0 Å². The van der Waals surface area contributed by atoms with Gasteiger partial charge >= 0.3 is 0 Å². The maximum absolute atomic E-state index is 9.50. The molecule has 4 N–H and O–H groups in total. The summed E-state index contributed by atoms with van der Waals surface area (Å²) in [7, 11) is 0. The number of fused-ring (bicyclic) bond motifs is 1. The van der Waals surface area contributed by atoms with Gasteiger partial charge in [0.05, 0.1) is 0 Å². The lowest BCUT2D eigenvalue weighted by atomic mass is 10.1. The van der Waals surface area contributed by atoms with Gasteiger partial charge in [-0.1, -0.05) is 13.0 Å². The number of aromatic nitrogens is 1. The van der Waals surface area contributed by atoms with Crippen LogP contribution in [0.25, 0.3) is 10.8 Å². The first kappa shape index (κ1) is 11.7. The number of hydrogen-bond acceptors (Lipinski definition) is 4. The minimum Gasteiger partial charge on any atom is -0.508 e. The highest BCUT2D eigenvalue weighted by Crippen LogP contribution is 2.25. The first-order valence-electron chi connectivity index (χ1n) is 5.72. The molecule has 0 aliphatic rings. The molecule has 2 rings (SSSR count). The predicted molar refractivity (Wildman–Crippen MR) is 70.1 cm³/mol. The van der Waals surface area contributed by atoms with Gasteiger partial charge in [0.15, 0.2) is 0 Å². The molecule has 90 valence electrons. The second kappa shape index (κ2) is 5.01. The van der Waals surface area contributed by atoms with E-state index in [1.165, 1.54) is 0 Å². The number of aromatic hydroxyl groups is 1. The monoisotopic (exact) mass is 231 g/mol. The van der Waals surface area contributed by atoms with Gasteiger partial charge in [0.1, 0.15) is 11.6 Å². The van der Waals surface area contributed by atoms with Crippen LogP contribution in [0.2, 0.25) is 0 Å². The van der Waals surface area contributed by atoms with Crippen molar-refractivity contribution in [2.75, 3.05) is 18.4 Å². The summed E-state index contributed by atoms with van der Waals surface area (Å²) in [6.45, 7) is 3.50. The number of nitrogens with one attached hydrogen (secondary N) is 1. The third-order valence-corrected chi connectivity index (χ3v) is 2.77. The molecule has 0 radical (unpaired) electrons. The first-order chi connectivity index (χ1) is 8.20. The number of pyridine rings is 1. The molecule has 1 aromatic carbocycles. The minimum atomic E-state index is 0.250. The number of hydrogen-bond donors (Lipinski definition) is 3. The molecule has 0 aliphatic carbocycles. The Bertz CT molecular complexity index is 513. The van der Waals surface area contributed by atoms with E-state index in [0.29, 0.717) is 12.5 Å². The number of phenols is 1. The Hall–Kier alpha value is -1.81. The van der Waals surface area contributed by atoms with E-state index in [9.17, 15) is 5.11 Å². The highest BCUT2D eigenvalue weighted by molar-refractivity contribution is 5.92. The topological polar surface area (TPSA) is 71.2 Å². The smallest absolute Gasteiger partial charge is 0.133 e. The van der Waals surface area contributed by atoms with Crippen LogP contribution in [-0.2, 0) is 0 Å². The summed E-state index contributed by atoms with van der Waals surface area (Å²) in [6.07, 6.45) is 1.76. The predicted octanol–water partition coefficient (Wildman–Crippen LogP) is 1.95. The van der Waals surface area contributed by atoms with Gasteiger partial charge < -0.3 is 16.2 Å². The zero-order valence-corrected chi connectivity index (χ0v) is 9.85. The largest absolute Gasteiger partial charge is 0.508 e. The normalized spacial score (nSPS) is 12.6. The van der Waals surface area contributed by atoms with Crippen LogP contribution in [0.1, 0.15) is 6.92 Å². The molecule has 4 heteroatoms. The van der Waals surface area contributed by atoms with Crippen LogP contribution in [0.5, 0.6) is 5.75 Å². The Morgan fingerprint density at radius 2 is 2.24 bits per heavy atom. The summed E-state index contributed by atoms with van der Waals surface area (Å²) in [5.74, 6) is 1.43. The zero-order chi connectivity index (χ0) is 12.3. The average Bonchev–Trinajstić information content (AvgIpc) is 2.35. The number of benzene rings is 1. The third-order valence-electron chi connectivity index (χ3n) is 2.77. The quantitative estimate of drug-likeness (QED) is 0.752. The standard InChI is InChI=1S/C13H17N3O/c1-9(7-14)8-16-13-12-6-11(17)3-2-10(12)4-5-15-13/h2-6,9,17H,7-8,14H2,1H3,(H,15,16). The number of nitrogens with two attached hydrogens (primary N) is 1. The fraction of sp³-hybridized carbons (Fsp3) is 0.308. The van der Waals surface area contributed by atoms with E-state index >= 15 is 0 Å². The van der Waals surface area contributed by atoms with E-state index in [4.69, 9.17) is 5.73 Å². The molecule has 1 heterocycles. The van der Waals surface area contributed by atoms with Crippen LogP contribution in [0.4, 0.5) is 5.82 Å². The molecule has 0 aliphatic heterocycles. The SMILES string of the molecule is CC(CN)CNc1nccc2ccc(O)cc12. The fourth-order valence-electron chi connectivity index (χ4n) is 1.65. The summed E-state index contributed by atoms with van der Waals surface area (Å²) >= 11 is 0. The molecule has 0 spiro atoms. The first-order valence-corrected chi connectivity index (χ1v) is 5.72. The van der Waals surface area contributed by atoms with Crippen molar-refractivity contribution in [1.82, 2.24) is 4.98 Å². The zero-order valence-electron chi connectivity index (χ0n) is 9.85. The molecule has 1 atom stereocenters. The van der Waals surface area contributed by atoms with Crippen LogP contribution < -0.4 is 11.1 Å². The molecule has 0 amide bonds. The molecular weight excluding hydrogens is 214 g/mol. The molecule has 1 unspecified atom stereocenters. The lowest BCUT2D eigenvalue weighted by Crippen LogP contribution is -2.20. The molecule has 1 aromatic heterocycles. The molecule has 0 bridgehead atoms. The van der Waals surface area contributed by atoms with Crippen molar-refractivity contribution in [3.8, 4) is 5.75 Å². The van der Waals surface area contributed by atoms with Gasteiger partial charge in [-0.3, -0.25) is 0 Å². The van der Waals surface area contributed by atoms with Gasteiger partial charge in [0.2, 0.25) is 0 Å². The molecule has 0 saturated carbocycles. The lowest BCUT2D eigenvalue weighted by Gasteiger charge is -2.12. The Balaban J connectivity index is 2.30. The van der Waals surface area contributed by atoms with Gasteiger partial charge in [0, 0.05) is 18.1 Å². The second-order valence-corrected chi connectivity index (χ2v) is 4.29. The van der Waals surface area contributed by atoms with Gasteiger partial charge in [-0.2, -0.15) is 0 Å². The van der Waals surface area contributed by atoms with E-state index in [2.05, 4.69) is 17.2 Å². The molecule has 2 aromatic rings.